The van der Waals surface area contributed by atoms with E-state index in [0.29, 0.717) is 12.5 Å². The number of aromatic nitrogens is 3. The Bertz CT molecular complexity index is 877. The van der Waals surface area contributed by atoms with Crippen LogP contribution in [0.15, 0.2) is 54.7 Å². The van der Waals surface area contributed by atoms with Gasteiger partial charge in [-0.25, -0.2) is 0 Å². The molecule has 0 atom stereocenters. The molecule has 0 aliphatic carbocycles. The second-order valence-corrected chi connectivity index (χ2v) is 6.42. The average molecular weight is 331 g/mol. The zero-order valence-electron chi connectivity index (χ0n) is 14.3. The van der Waals surface area contributed by atoms with Gasteiger partial charge >= 0.3 is 0 Å². The molecule has 0 amide bonds. The van der Waals surface area contributed by atoms with Gasteiger partial charge in [0, 0.05) is 19.6 Å². The summed E-state index contributed by atoms with van der Waals surface area (Å²) in [5.74, 6) is 1.44. The van der Waals surface area contributed by atoms with Crippen molar-refractivity contribution in [3.05, 3.63) is 77.0 Å². The molecule has 2 heterocycles. The standard InChI is InChI=1S/C20H21N5/c1-15-5-4-6-16(11-15)12-21-20-23-19(13-22-24-20)25-10-9-17-7-2-3-8-18(17)14-25/h2-8,11,13H,9-10,12,14H2,1H3,(H,21,23,24). The van der Waals surface area contributed by atoms with Crippen LogP contribution in [-0.4, -0.2) is 21.7 Å². The third-order valence-corrected chi connectivity index (χ3v) is 4.53. The zero-order chi connectivity index (χ0) is 17.1. The lowest BCUT2D eigenvalue weighted by molar-refractivity contribution is 0.714. The molecule has 5 heteroatoms. The minimum Gasteiger partial charge on any atom is -0.350 e. The predicted octanol–water partition coefficient (Wildman–Crippen LogP) is 3.35. The van der Waals surface area contributed by atoms with Crippen molar-refractivity contribution < 1.29 is 0 Å². The highest BCUT2D eigenvalue weighted by atomic mass is 15.3. The maximum Gasteiger partial charge on any atom is 0.244 e. The van der Waals surface area contributed by atoms with Gasteiger partial charge in [0.2, 0.25) is 5.95 Å². The molecule has 126 valence electrons. The molecule has 0 saturated carbocycles. The highest BCUT2D eigenvalue weighted by Gasteiger charge is 2.17. The predicted molar refractivity (Wildman–Crippen MR) is 99.5 cm³/mol. The van der Waals surface area contributed by atoms with Crippen LogP contribution >= 0.6 is 0 Å². The molecule has 2 aromatic carbocycles. The Morgan fingerprint density at radius 3 is 2.84 bits per heavy atom. The first-order valence-corrected chi connectivity index (χ1v) is 8.59. The number of fused-ring (bicyclic) bond motifs is 1. The van der Waals surface area contributed by atoms with Gasteiger partial charge in [0.05, 0.1) is 6.20 Å². The lowest BCUT2D eigenvalue weighted by atomic mass is 10.0. The van der Waals surface area contributed by atoms with Crippen LogP contribution in [-0.2, 0) is 19.5 Å². The van der Waals surface area contributed by atoms with Crippen LogP contribution < -0.4 is 10.2 Å². The Morgan fingerprint density at radius 1 is 1.08 bits per heavy atom. The second kappa shape index (κ2) is 6.89. The maximum absolute atomic E-state index is 4.65. The van der Waals surface area contributed by atoms with Crippen molar-refractivity contribution in [1.29, 1.82) is 0 Å². The molecule has 0 spiro atoms. The summed E-state index contributed by atoms with van der Waals surface area (Å²) in [6, 6.07) is 17.0. The molecule has 0 unspecified atom stereocenters. The fraction of sp³-hybridized carbons (Fsp3) is 0.250. The molecule has 3 aromatic rings. The van der Waals surface area contributed by atoms with E-state index in [4.69, 9.17) is 0 Å². The largest absolute Gasteiger partial charge is 0.350 e. The summed E-state index contributed by atoms with van der Waals surface area (Å²) in [5.41, 5.74) is 5.25. The van der Waals surface area contributed by atoms with Gasteiger partial charge in [-0.1, -0.05) is 54.1 Å². The molecule has 0 bridgehead atoms. The van der Waals surface area contributed by atoms with Gasteiger partial charge < -0.3 is 10.2 Å². The molecule has 1 aromatic heterocycles. The molecule has 1 aliphatic rings. The molecule has 5 nitrogen and oxygen atoms in total. The van der Waals surface area contributed by atoms with E-state index in [1.165, 1.54) is 22.3 Å². The van der Waals surface area contributed by atoms with Gasteiger partial charge in [-0.05, 0) is 30.0 Å². The topological polar surface area (TPSA) is 53.9 Å². The molecular formula is C20H21N5. The fourth-order valence-corrected chi connectivity index (χ4v) is 3.22. The van der Waals surface area contributed by atoms with Gasteiger partial charge in [0.25, 0.3) is 0 Å². The number of rotatable bonds is 4. The Hall–Kier alpha value is -2.95. The van der Waals surface area contributed by atoms with Gasteiger partial charge in [-0.3, -0.25) is 0 Å². The van der Waals surface area contributed by atoms with Crippen molar-refractivity contribution in [2.45, 2.75) is 26.4 Å². The summed E-state index contributed by atoms with van der Waals surface area (Å²) >= 11 is 0. The Labute approximate surface area is 147 Å². The number of nitrogens with one attached hydrogen (secondary N) is 1. The van der Waals surface area contributed by atoms with Gasteiger partial charge in [-0.15, -0.1) is 5.10 Å². The summed E-state index contributed by atoms with van der Waals surface area (Å²) in [6.45, 7) is 4.60. The highest BCUT2D eigenvalue weighted by molar-refractivity contribution is 5.45. The SMILES string of the molecule is Cc1cccc(CNc2nncc(N3CCc4ccccc4C3)n2)c1. The Balaban J connectivity index is 1.46. The summed E-state index contributed by atoms with van der Waals surface area (Å²) in [7, 11) is 0. The lowest BCUT2D eigenvalue weighted by Gasteiger charge is -2.29. The molecule has 1 N–H and O–H groups in total. The zero-order valence-corrected chi connectivity index (χ0v) is 14.3. The van der Waals surface area contributed by atoms with E-state index in [9.17, 15) is 0 Å². The summed E-state index contributed by atoms with van der Waals surface area (Å²) in [6.07, 6.45) is 2.78. The monoisotopic (exact) mass is 331 g/mol. The van der Waals surface area contributed by atoms with Crippen molar-refractivity contribution in [3.63, 3.8) is 0 Å². The maximum atomic E-state index is 4.65. The minimum absolute atomic E-state index is 0.567. The summed E-state index contributed by atoms with van der Waals surface area (Å²) in [5, 5.41) is 11.5. The van der Waals surface area contributed by atoms with E-state index in [-0.39, 0.29) is 0 Å². The number of nitrogens with zero attached hydrogens (tertiary/aromatic N) is 4. The van der Waals surface area contributed by atoms with Crippen LogP contribution in [0, 0.1) is 6.92 Å². The third kappa shape index (κ3) is 3.60. The first-order chi connectivity index (χ1) is 12.3. The van der Waals surface area contributed by atoms with E-state index in [1.54, 1.807) is 6.20 Å². The van der Waals surface area contributed by atoms with E-state index >= 15 is 0 Å². The van der Waals surface area contributed by atoms with Crippen LogP contribution in [0.1, 0.15) is 22.3 Å². The number of benzene rings is 2. The molecule has 1 aliphatic heterocycles. The van der Waals surface area contributed by atoms with Crippen LogP contribution in [0.25, 0.3) is 0 Å². The highest BCUT2D eigenvalue weighted by Crippen LogP contribution is 2.22. The average Bonchev–Trinajstić information content (AvgIpc) is 2.66. The third-order valence-electron chi connectivity index (χ3n) is 4.53. The second-order valence-electron chi connectivity index (χ2n) is 6.42. The quantitative estimate of drug-likeness (QED) is 0.794. The number of anilines is 2. The van der Waals surface area contributed by atoms with Crippen molar-refractivity contribution in [2.75, 3.05) is 16.8 Å². The van der Waals surface area contributed by atoms with E-state index in [0.717, 1.165) is 25.3 Å². The molecule has 4 rings (SSSR count). The van der Waals surface area contributed by atoms with Gasteiger partial charge in [0.15, 0.2) is 5.82 Å². The van der Waals surface area contributed by atoms with Crippen LogP contribution in [0.2, 0.25) is 0 Å². The van der Waals surface area contributed by atoms with Crippen molar-refractivity contribution in [3.8, 4) is 0 Å². The van der Waals surface area contributed by atoms with Gasteiger partial charge in [-0.2, -0.15) is 10.1 Å². The minimum atomic E-state index is 0.567. The van der Waals surface area contributed by atoms with Crippen molar-refractivity contribution in [2.24, 2.45) is 0 Å². The van der Waals surface area contributed by atoms with E-state index in [2.05, 4.69) is 80.9 Å². The van der Waals surface area contributed by atoms with Crippen molar-refractivity contribution >= 4 is 11.8 Å². The van der Waals surface area contributed by atoms with Crippen molar-refractivity contribution in [1.82, 2.24) is 15.2 Å². The fourth-order valence-electron chi connectivity index (χ4n) is 3.22. The molecule has 0 saturated heterocycles. The van der Waals surface area contributed by atoms with E-state index in [1.807, 2.05) is 0 Å². The van der Waals surface area contributed by atoms with Crippen LogP contribution in [0.5, 0.6) is 0 Å². The Kier molecular flexibility index (Phi) is 4.29. The number of hydrogen-bond donors (Lipinski definition) is 1. The normalized spacial score (nSPS) is 13.4. The molecule has 0 radical (unpaired) electrons. The number of aryl methyl sites for hydroxylation is 1. The Morgan fingerprint density at radius 2 is 1.96 bits per heavy atom. The van der Waals surface area contributed by atoms with Gasteiger partial charge in [0.1, 0.15) is 0 Å². The first kappa shape index (κ1) is 15.6. The smallest absolute Gasteiger partial charge is 0.244 e. The summed E-state index contributed by atoms with van der Waals surface area (Å²) < 4.78 is 0. The number of hydrogen-bond acceptors (Lipinski definition) is 5. The molecule has 25 heavy (non-hydrogen) atoms. The van der Waals surface area contributed by atoms with Crippen LogP contribution in [0.4, 0.5) is 11.8 Å². The van der Waals surface area contributed by atoms with Crippen LogP contribution in [0.3, 0.4) is 0 Å². The summed E-state index contributed by atoms with van der Waals surface area (Å²) in [4.78, 5) is 6.91. The molecule has 0 fully saturated rings. The first-order valence-electron chi connectivity index (χ1n) is 8.59. The molecular weight excluding hydrogens is 310 g/mol. The lowest BCUT2D eigenvalue weighted by Crippen LogP contribution is -2.31. The van der Waals surface area contributed by atoms with E-state index < -0.39 is 0 Å².